The van der Waals surface area contributed by atoms with Gasteiger partial charge >= 0.3 is 6.36 Å². The van der Waals surface area contributed by atoms with Gasteiger partial charge in [-0.3, -0.25) is 4.79 Å². The summed E-state index contributed by atoms with van der Waals surface area (Å²) in [7, 11) is 0. The summed E-state index contributed by atoms with van der Waals surface area (Å²) in [4.78, 5) is 14.6. The number of nitrogens with zero attached hydrogens (tertiary/aromatic N) is 1. The van der Waals surface area contributed by atoms with E-state index in [4.69, 9.17) is 16.3 Å². The van der Waals surface area contributed by atoms with E-state index in [1.807, 2.05) is 20.8 Å². The van der Waals surface area contributed by atoms with Gasteiger partial charge in [0.05, 0.1) is 16.7 Å². The molecule has 2 N–H and O–H groups in total. The van der Waals surface area contributed by atoms with Crippen LogP contribution in [0.1, 0.15) is 40.0 Å². The molecule has 1 aliphatic heterocycles. The fourth-order valence-electron chi connectivity index (χ4n) is 3.82. The molecular formula is C24H28ClF3N2O4. The maximum atomic E-state index is 13.0. The third kappa shape index (κ3) is 7.09. The van der Waals surface area contributed by atoms with Crippen molar-refractivity contribution in [1.29, 1.82) is 0 Å². The van der Waals surface area contributed by atoms with Gasteiger partial charge in [0, 0.05) is 23.4 Å². The topological polar surface area (TPSA) is 71.0 Å². The van der Waals surface area contributed by atoms with E-state index in [-0.39, 0.29) is 22.2 Å². The van der Waals surface area contributed by atoms with Gasteiger partial charge in [-0.2, -0.15) is 0 Å². The molecule has 2 aromatic rings. The van der Waals surface area contributed by atoms with Crippen molar-refractivity contribution in [2.75, 3.05) is 11.9 Å². The van der Waals surface area contributed by atoms with Crippen molar-refractivity contribution in [2.45, 2.75) is 64.5 Å². The van der Waals surface area contributed by atoms with Crippen molar-refractivity contribution >= 4 is 23.2 Å². The van der Waals surface area contributed by atoms with Gasteiger partial charge in [0.25, 0.3) is 0 Å². The van der Waals surface area contributed by atoms with E-state index in [0.717, 1.165) is 12.8 Å². The largest absolute Gasteiger partial charge is 0.573 e. The molecule has 10 heteroatoms. The summed E-state index contributed by atoms with van der Waals surface area (Å²) < 4.78 is 48.0. The molecule has 0 bridgehead atoms. The van der Waals surface area contributed by atoms with E-state index in [0.29, 0.717) is 24.2 Å². The third-order valence-electron chi connectivity index (χ3n) is 5.23. The summed E-state index contributed by atoms with van der Waals surface area (Å²) >= 11 is 6.37. The molecule has 0 radical (unpaired) electrons. The number of hydrogen-bond acceptors (Lipinski definition) is 5. The predicted octanol–water partition coefficient (Wildman–Crippen LogP) is 5.79. The fourth-order valence-corrected chi connectivity index (χ4v) is 4.11. The molecule has 0 saturated carbocycles. The molecular weight excluding hydrogens is 473 g/mol. The highest BCUT2D eigenvalue weighted by atomic mass is 35.5. The Kier molecular flexibility index (Phi) is 8.13. The molecule has 34 heavy (non-hydrogen) atoms. The molecule has 1 saturated heterocycles. The van der Waals surface area contributed by atoms with E-state index >= 15 is 0 Å². The number of benzene rings is 2. The predicted molar refractivity (Wildman–Crippen MR) is 123 cm³/mol. The normalized spacial score (nSPS) is 18.4. The smallest absolute Gasteiger partial charge is 0.405 e. The summed E-state index contributed by atoms with van der Waals surface area (Å²) in [5.74, 6) is -0.708. The summed E-state index contributed by atoms with van der Waals surface area (Å²) in [6.45, 7) is 5.95. The zero-order valence-electron chi connectivity index (χ0n) is 19.2. The van der Waals surface area contributed by atoms with Crippen LogP contribution in [0.4, 0.5) is 18.9 Å². The van der Waals surface area contributed by atoms with Crippen LogP contribution >= 0.6 is 11.6 Å². The minimum atomic E-state index is -4.84. The number of aliphatic hydroxyl groups is 1. The van der Waals surface area contributed by atoms with Crippen molar-refractivity contribution < 1.29 is 32.5 Å². The first-order chi connectivity index (χ1) is 15.8. The number of para-hydroxylation sites is 1. The number of alkyl halides is 3. The Labute approximate surface area is 201 Å². The van der Waals surface area contributed by atoms with Crippen LogP contribution < -0.4 is 10.1 Å². The molecule has 1 fully saturated rings. The van der Waals surface area contributed by atoms with E-state index in [9.17, 15) is 23.1 Å². The van der Waals surface area contributed by atoms with Crippen LogP contribution in [0.5, 0.6) is 5.75 Å². The second kappa shape index (κ2) is 10.5. The van der Waals surface area contributed by atoms with Crippen molar-refractivity contribution in [1.82, 2.24) is 4.90 Å². The monoisotopic (exact) mass is 500 g/mol. The molecule has 1 heterocycles. The standard InChI is InChI=1S/C24H28ClF3N2O4/c1-23(2,3)34-22(32)30-13-7-6-9-19(30)21(31)29-15-11-12-16(18(25)14-15)17-8-4-5-10-20(17)33-24(26,27)28/h4-5,8,10-12,14,19,22,32H,6-7,9,13H2,1-3H3,(H,29,31). The maximum absolute atomic E-state index is 13.0. The molecule has 1 aliphatic rings. The lowest BCUT2D eigenvalue weighted by molar-refractivity contribution is -0.274. The number of carbonyl (C=O) groups excluding carboxylic acids is 1. The lowest BCUT2D eigenvalue weighted by Gasteiger charge is -2.39. The first-order valence-corrected chi connectivity index (χ1v) is 11.3. The van der Waals surface area contributed by atoms with Crippen molar-refractivity contribution in [3.8, 4) is 16.9 Å². The molecule has 2 unspecified atom stereocenters. The Morgan fingerprint density at radius 3 is 2.50 bits per heavy atom. The highest BCUT2D eigenvalue weighted by Gasteiger charge is 2.35. The molecule has 3 rings (SSSR count). The first kappa shape index (κ1) is 26.3. The number of ether oxygens (including phenoxy) is 2. The SMILES string of the molecule is CC(C)(C)OC(O)N1CCCCC1C(=O)Nc1ccc(-c2ccccc2OC(F)(F)F)c(Cl)c1. The van der Waals surface area contributed by atoms with E-state index in [1.165, 1.54) is 30.3 Å². The molecule has 1 amide bonds. The average molecular weight is 501 g/mol. The first-order valence-electron chi connectivity index (χ1n) is 10.9. The zero-order valence-corrected chi connectivity index (χ0v) is 19.9. The fraction of sp³-hybridized carbons (Fsp3) is 0.458. The number of anilines is 1. The van der Waals surface area contributed by atoms with Crippen LogP contribution in [0.15, 0.2) is 42.5 Å². The summed E-state index contributed by atoms with van der Waals surface area (Å²) in [5, 5.41) is 13.5. The number of hydrogen-bond donors (Lipinski definition) is 2. The van der Waals surface area contributed by atoms with Crippen LogP contribution in [0.3, 0.4) is 0 Å². The molecule has 0 aliphatic carbocycles. The average Bonchev–Trinajstić information content (AvgIpc) is 2.72. The second-order valence-electron chi connectivity index (χ2n) is 9.03. The molecule has 186 valence electrons. The lowest BCUT2D eigenvalue weighted by atomic mass is 10.0. The summed E-state index contributed by atoms with van der Waals surface area (Å²) in [5.41, 5.74) is 0.286. The molecule has 6 nitrogen and oxygen atoms in total. The van der Waals surface area contributed by atoms with Crippen molar-refractivity contribution in [3.63, 3.8) is 0 Å². The van der Waals surface area contributed by atoms with Crippen LogP contribution in [0.25, 0.3) is 11.1 Å². The maximum Gasteiger partial charge on any atom is 0.573 e. The Morgan fingerprint density at radius 1 is 1.15 bits per heavy atom. The van der Waals surface area contributed by atoms with E-state index in [2.05, 4.69) is 10.1 Å². The number of amides is 1. The zero-order chi connectivity index (χ0) is 25.1. The van der Waals surface area contributed by atoms with Gasteiger partial charge in [-0.25, -0.2) is 4.90 Å². The van der Waals surface area contributed by atoms with Gasteiger partial charge < -0.3 is 19.9 Å². The lowest BCUT2D eigenvalue weighted by Crippen LogP contribution is -2.54. The number of carbonyl (C=O) groups is 1. The van der Waals surface area contributed by atoms with Gasteiger partial charge in [-0.05, 0) is 51.8 Å². The quantitative estimate of drug-likeness (QED) is 0.491. The van der Waals surface area contributed by atoms with E-state index in [1.54, 1.807) is 17.0 Å². The molecule has 0 aromatic heterocycles. The Morgan fingerprint density at radius 2 is 1.85 bits per heavy atom. The molecule has 2 aromatic carbocycles. The van der Waals surface area contributed by atoms with Crippen molar-refractivity contribution in [2.24, 2.45) is 0 Å². The number of aliphatic hydroxyl groups excluding tert-OH is 1. The minimum Gasteiger partial charge on any atom is -0.405 e. The van der Waals surface area contributed by atoms with Gasteiger partial charge in [0.1, 0.15) is 5.75 Å². The Balaban J connectivity index is 1.77. The van der Waals surface area contributed by atoms with Gasteiger partial charge in [-0.15, -0.1) is 13.2 Å². The van der Waals surface area contributed by atoms with Gasteiger partial charge in [0.15, 0.2) is 0 Å². The Hall–Kier alpha value is -2.33. The Bertz CT molecular complexity index is 1010. The van der Waals surface area contributed by atoms with Crippen LogP contribution in [-0.2, 0) is 9.53 Å². The van der Waals surface area contributed by atoms with E-state index < -0.39 is 24.4 Å². The van der Waals surface area contributed by atoms with Crippen LogP contribution in [0.2, 0.25) is 5.02 Å². The number of halogens is 4. The van der Waals surface area contributed by atoms with Crippen LogP contribution in [0, 0.1) is 0 Å². The minimum absolute atomic E-state index is 0.146. The van der Waals surface area contributed by atoms with Gasteiger partial charge in [0.2, 0.25) is 12.3 Å². The summed E-state index contributed by atoms with van der Waals surface area (Å²) in [6.07, 6.45) is -3.87. The number of rotatable bonds is 6. The highest BCUT2D eigenvalue weighted by molar-refractivity contribution is 6.33. The third-order valence-corrected chi connectivity index (χ3v) is 5.54. The number of nitrogens with one attached hydrogen (secondary N) is 1. The highest BCUT2D eigenvalue weighted by Crippen LogP contribution is 2.38. The molecule has 0 spiro atoms. The second-order valence-corrected chi connectivity index (χ2v) is 9.44. The van der Waals surface area contributed by atoms with Crippen molar-refractivity contribution in [3.05, 3.63) is 47.5 Å². The van der Waals surface area contributed by atoms with Crippen LogP contribution in [-0.4, -0.2) is 46.9 Å². The van der Waals surface area contributed by atoms with Gasteiger partial charge in [-0.1, -0.05) is 42.3 Å². The number of likely N-dealkylation sites (tertiary alicyclic amines) is 1. The molecule has 2 atom stereocenters. The summed E-state index contributed by atoms with van der Waals surface area (Å²) in [6, 6.07) is 9.62. The number of piperidine rings is 1.